The van der Waals surface area contributed by atoms with Gasteiger partial charge in [0.1, 0.15) is 0 Å². The Morgan fingerprint density at radius 1 is 1.08 bits per heavy atom. The van der Waals surface area contributed by atoms with Crippen LogP contribution in [0, 0.1) is 4.84 Å². The number of ether oxygens (including phenoxy) is 3. The van der Waals surface area contributed by atoms with E-state index in [9.17, 15) is 0 Å². The van der Waals surface area contributed by atoms with Crippen molar-refractivity contribution in [3.63, 3.8) is 0 Å². The van der Waals surface area contributed by atoms with Crippen LogP contribution in [0.3, 0.4) is 0 Å². The first-order chi connectivity index (χ1) is 11.7. The monoisotopic (exact) mass is 351 g/mol. The molecule has 24 heavy (non-hydrogen) atoms. The van der Waals surface area contributed by atoms with Gasteiger partial charge in [0.15, 0.2) is 11.5 Å². The molecule has 1 aliphatic rings. The van der Waals surface area contributed by atoms with Crippen molar-refractivity contribution in [2.45, 2.75) is 19.5 Å². The Bertz CT molecular complexity index is 740. The van der Waals surface area contributed by atoms with Crippen LogP contribution < -0.4 is 14.2 Å². The minimum Gasteiger partial charge on any atom is -0.493 e. The van der Waals surface area contributed by atoms with E-state index in [1.807, 2.05) is 0 Å². The summed E-state index contributed by atoms with van der Waals surface area (Å²) in [5.74, 6) is 2.04. The normalized spacial score (nSPS) is 14.8. The standard InChI is InChI=1S/C16H21N3O4S/c1-20-12-8-11(9-13(21-2)14(12)22-3)15-17-19(16(24)23-15)10-18-6-4-5-7-18/h8-9H,4-7,10H2,1-3H3. The SMILES string of the molecule is COc1cc(-c2nn(CN3CCCC3)c(=S)o2)cc(OC)c1OC. The molecule has 130 valence electrons. The molecule has 0 unspecified atom stereocenters. The van der Waals surface area contributed by atoms with Gasteiger partial charge in [0.2, 0.25) is 11.6 Å². The summed E-state index contributed by atoms with van der Waals surface area (Å²) in [5, 5.41) is 4.50. The van der Waals surface area contributed by atoms with Gasteiger partial charge in [-0.3, -0.25) is 4.90 Å². The van der Waals surface area contributed by atoms with E-state index in [1.165, 1.54) is 12.8 Å². The molecule has 2 heterocycles. The van der Waals surface area contributed by atoms with Gasteiger partial charge in [-0.2, -0.15) is 0 Å². The van der Waals surface area contributed by atoms with Crippen LogP contribution in [0.25, 0.3) is 11.5 Å². The second kappa shape index (κ2) is 7.23. The van der Waals surface area contributed by atoms with E-state index in [1.54, 1.807) is 38.1 Å². The van der Waals surface area contributed by atoms with Crippen molar-refractivity contribution in [3.05, 3.63) is 17.0 Å². The molecule has 1 saturated heterocycles. The molecule has 1 aromatic carbocycles. The summed E-state index contributed by atoms with van der Waals surface area (Å²) in [6, 6.07) is 3.59. The zero-order valence-electron chi connectivity index (χ0n) is 14.1. The van der Waals surface area contributed by atoms with Crippen molar-refractivity contribution in [3.8, 4) is 28.7 Å². The number of nitrogens with zero attached hydrogens (tertiary/aromatic N) is 3. The van der Waals surface area contributed by atoms with Gasteiger partial charge < -0.3 is 18.6 Å². The van der Waals surface area contributed by atoms with E-state index in [0.717, 1.165) is 18.7 Å². The molecular formula is C16H21N3O4S. The molecule has 1 aromatic heterocycles. The molecule has 0 atom stereocenters. The number of methoxy groups -OCH3 is 3. The quantitative estimate of drug-likeness (QED) is 0.742. The Morgan fingerprint density at radius 2 is 1.71 bits per heavy atom. The highest BCUT2D eigenvalue weighted by Crippen LogP contribution is 2.40. The van der Waals surface area contributed by atoms with Crippen LogP contribution in [0.1, 0.15) is 12.8 Å². The number of aromatic nitrogens is 2. The molecule has 8 heteroatoms. The second-order valence-corrected chi connectivity index (χ2v) is 5.90. The lowest BCUT2D eigenvalue weighted by Crippen LogP contribution is -2.23. The fraction of sp³-hybridized carbons (Fsp3) is 0.500. The van der Waals surface area contributed by atoms with Gasteiger partial charge in [-0.05, 0) is 50.3 Å². The van der Waals surface area contributed by atoms with E-state index in [-0.39, 0.29) is 0 Å². The third-order valence-electron chi connectivity index (χ3n) is 4.05. The third kappa shape index (κ3) is 3.25. The average molecular weight is 351 g/mol. The average Bonchev–Trinajstić information content (AvgIpc) is 3.24. The summed E-state index contributed by atoms with van der Waals surface area (Å²) in [6.45, 7) is 2.77. The van der Waals surface area contributed by atoms with E-state index in [2.05, 4.69) is 10.00 Å². The third-order valence-corrected chi connectivity index (χ3v) is 4.34. The molecule has 1 fully saturated rings. The van der Waals surface area contributed by atoms with E-state index < -0.39 is 0 Å². The Morgan fingerprint density at radius 3 is 2.25 bits per heavy atom. The molecule has 0 aliphatic carbocycles. The van der Waals surface area contributed by atoms with Gasteiger partial charge in [-0.25, -0.2) is 4.68 Å². The van der Waals surface area contributed by atoms with Crippen LogP contribution in [0.4, 0.5) is 0 Å². The number of hydrogen-bond acceptors (Lipinski definition) is 7. The zero-order valence-corrected chi connectivity index (χ0v) is 14.9. The first-order valence-corrected chi connectivity index (χ1v) is 8.17. The second-order valence-electron chi connectivity index (χ2n) is 5.55. The molecule has 3 rings (SSSR count). The van der Waals surface area contributed by atoms with Crippen molar-refractivity contribution >= 4 is 12.2 Å². The van der Waals surface area contributed by atoms with Crippen molar-refractivity contribution in [2.24, 2.45) is 0 Å². The van der Waals surface area contributed by atoms with Gasteiger partial charge in [0, 0.05) is 5.56 Å². The van der Waals surface area contributed by atoms with Gasteiger partial charge in [-0.15, -0.1) is 5.10 Å². The Hall–Kier alpha value is -2.06. The summed E-state index contributed by atoms with van der Waals surface area (Å²) in [4.78, 5) is 2.66. The number of hydrogen-bond donors (Lipinski definition) is 0. The molecule has 2 aromatic rings. The first kappa shape index (κ1) is 16.8. The summed E-state index contributed by atoms with van der Waals surface area (Å²) >= 11 is 5.30. The molecule has 7 nitrogen and oxygen atoms in total. The van der Waals surface area contributed by atoms with Crippen LogP contribution in [0.2, 0.25) is 0 Å². The summed E-state index contributed by atoms with van der Waals surface area (Å²) in [5.41, 5.74) is 0.718. The maximum absolute atomic E-state index is 5.67. The van der Waals surface area contributed by atoms with Gasteiger partial charge >= 0.3 is 0 Å². The number of rotatable bonds is 6. The van der Waals surface area contributed by atoms with E-state index in [0.29, 0.717) is 34.6 Å². The molecule has 0 spiro atoms. The summed E-state index contributed by atoms with van der Waals surface area (Å²) < 4.78 is 23.5. The summed E-state index contributed by atoms with van der Waals surface area (Å²) in [6.07, 6.45) is 2.43. The fourth-order valence-corrected chi connectivity index (χ4v) is 3.01. The molecule has 0 bridgehead atoms. The van der Waals surface area contributed by atoms with E-state index in [4.69, 9.17) is 30.8 Å². The number of benzene rings is 1. The Balaban J connectivity index is 1.95. The smallest absolute Gasteiger partial charge is 0.288 e. The lowest BCUT2D eigenvalue weighted by molar-refractivity contribution is 0.249. The van der Waals surface area contributed by atoms with Crippen molar-refractivity contribution < 1.29 is 18.6 Å². The maximum atomic E-state index is 5.67. The number of likely N-dealkylation sites (tertiary alicyclic amines) is 1. The lowest BCUT2D eigenvalue weighted by Gasteiger charge is -2.13. The van der Waals surface area contributed by atoms with Gasteiger partial charge in [-0.1, -0.05) is 0 Å². The van der Waals surface area contributed by atoms with Gasteiger partial charge in [0.25, 0.3) is 4.84 Å². The largest absolute Gasteiger partial charge is 0.493 e. The zero-order chi connectivity index (χ0) is 17.1. The van der Waals surface area contributed by atoms with Crippen LogP contribution in [-0.4, -0.2) is 49.1 Å². The van der Waals surface area contributed by atoms with E-state index >= 15 is 0 Å². The predicted molar refractivity (Wildman–Crippen MR) is 91.2 cm³/mol. The minimum absolute atomic E-state index is 0.352. The molecular weight excluding hydrogens is 330 g/mol. The summed E-state index contributed by atoms with van der Waals surface area (Å²) in [7, 11) is 4.71. The van der Waals surface area contributed by atoms with Crippen LogP contribution in [-0.2, 0) is 6.67 Å². The topological polar surface area (TPSA) is 61.9 Å². The van der Waals surface area contributed by atoms with Crippen molar-refractivity contribution in [1.82, 2.24) is 14.7 Å². The highest BCUT2D eigenvalue weighted by atomic mass is 32.1. The Kier molecular flexibility index (Phi) is 5.06. The van der Waals surface area contributed by atoms with Crippen LogP contribution in [0.15, 0.2) is 16.5 Å². The lowest BCUT2D eigenvalue weighted by atomic mass is 10.2. The molecule has 0 saturated carbocycles. The molecule has 1 aliphatic heterocycles. The molecule has 0 amide bonds. The molecule has 0 radical (unpaired) electrons. The Labute approximate surface area is 145 Å². The van der Waals surface area contributed by atoms with Gasteiger partial charge in [0.05, 0.1) is 28.0 Å². The maximum Gasteiger partial charge on any atom is 0.288 e. The first-order valence-electron chi connectivity index (χ1n) is 7.77. The van der Waals surface area contributed by atoms with Crippen LogP contribution in [0.5, 0.6) is 17.2 Å². The minimum atomic E-state index is 0.352. The van der Waals surface area contributed by atoms with Crippen LogP contribution >= 0.6 is 12.2 Å². The molecule has 0 N–H and O–H groups in total. The predicted octanol–water partition coefficient (Wildman–Crippen LogP) is 2.95. The highest BCUT2D eigenvalue weighted by Gasteiger charge is 2.19. The van der Waals surface area contributed by atoms with Crippen molar-refractivity contribution in [1.29, 1.82) is 0 Å². The highest BCUT2D eigenvalue weighted by molar-refractivity contribution is 7.71. The fourth-order valence-electron chi connectivity index (χ4n) is 2.83. The van der Waals surface area contributed by atoms with Crippen molar-refractivity contribution in [2.75, 3.05) is 34.4 Å².